The summed E-state index contributed by atoms with van der Waals surface area (Å²) < 4.78 is 22.5. The number of amides is 1. The summed E-state index contributed by atoms with van der Waals surface area (Å²) in [6.07, 6.45) is 3.25. The summed E-state index contributed by atoms with van der Waals surface area (Å²) in [7, 11) is 1.44. The number of ether oxygens (including phenoxy) is 1. The Hall–Kier alpha value is -4.60. The number of methoxy groups -OCH3 is 1. The Kier molecular flexibility index (Phi) is 5.02. The van der Waals surface area contributed by atoms with Crippen molar-refractivity contribution in [2.24, 2.45) is 0 Å². The number of aryl methyl sites for hydroxylation is 1. The number of carbonyl (C=O) groups excluding carboxylic acids is 1. The molecule has 0 atom stereocenters. The molecule has 10 heteroatoms. The molecule has 0 bridgehead atoms. The average Bonchev–Trinajstić information content (AvgIpc) is 3.47. The Morgan fingerprint density at radius 3 is 2.79 bits per heavy atom. The zero-order chi connectivity index (χ0) is 22.9. The molecule has 1 aromatic carbocycles. The van der Waals surface area contributed by atoms with E-state index in [1.165, 1.54) is 25.6 Å². The molecule has 0 aliphatic carbocycles. The molecule has 4 aromatic heterocycles. The number of fused-ring (bicyclic) bond motifs is 1. The van der Waals surface area contributed by atoms with E-state index < -0.39 is 11.7 Å². The molecule has 0 saturated carbocycles. The molecule has 0 unspecified atom stereocenters. The van der Waals surface area contributed by atoms with Gasteiger partial charge in [0.1, 0.15) is 17.9 Å². The lowest BCUT2D eigenvalue weighted by atomic mass is 10.2. The molecular formula is C23H18FN7O2. The van der Waals surface area contributed by atoms with Gasteiger partial charge >= 0.3 is 0 Å². The van der Waals surface area contributed by atoms with Crippen LogP contribution in [0.3, 0.4) is 0 Å². The maximum absolute atomic E-state index is 14.3. The van der Waals surface area contributed by atoms with Crippen molar-refractivity contribution in [1.29, 1.82) is 0 Å². The number of hydrogen-bond donors (Lipinski definition) is 1. The normalized spacial score (nSPS) is 11.0. The van der Waals surface area contributed by atoms with E-state index in [2.05, 4.69) is 25.5 Å². The van der Waals surface area contributed by atoms with Crippen molar-refractivity contribution in [3.05, 3.63) is 84.3 Å². The largest absolute Gasteiger partial charge is 0.497 e. The Bertz CT molecular complexity index is 1490. The summed E-state index contributed by atoms with van der Waals surface area (Å²) in [5.41, 5.74) is 2.97. The smallest absolute Gasteiger partial charge is 0.276 e. The molecule has 33 heavy (non-hydrogen) atoms. The lowest BCUT2D eigenvalue weighted by Crippen LogP contribution is -2.14. The molecule has 5 aromatic rings. The number of benzene rings is 1. The highest BCUT2D eigenvalue weighted by atomic mass is 19.1. The van der Waals surface area contributed by atoms with E-state index in [9.17, 15) is 9.18 Å². The van der Waals surface area contributed by atoms with Crippen molar-refractivity contribution in [1.82, 2.24) is 29.4 Å². The quantitative estimate of drug-likeness (QED) is 0.445. The second-order valence-electron chi connectivity index (χ2n) is 7.24. The predicted octanol–water partition coefficient (Wildman–Crippen LogP) is 3.69. The number of nitrogens with one attached hydrogen (secondary N) is 1. The molecule has 0 aliphatic heterocycles. The second kappa shape index (κ2) is 8.15. The average molecular weight is 443 g/mol. The first kappa shape index (κ1) is 20.3. The Morgan fingerprint density at radius 2 is 2.00 bits per heavy atom. The fraction of sp³-hybridized carbons (Fsp3) is 0.0870. The van der Waals surface area contributed by atoms with Gasteiger partial charge < -0.3 is 10.1 Å². The van der Waals surface area contributed by atoms with E-state index in [0.717, 1.165) is 11.3 Å². The van der Waals surface area contributed by atoms with Crippen LogP contribution in [0.4, 0.5) is 10.1 Å². The maximum atomic E-state index is 14.3. The lowest BCUT2D eigenvalue weighted by Gasteiger charge is -2.07. The molecule has 0 saturated heterocycles. The van der Waals surface area contributed by atoms with Crippen molar-refractivity contribution in [3.8, 4) is 22.8 Å². The van der Waals surface area contributed by atoms with Gasteiger partial charge in [0.05, 0.1) is 18.5 Å². The van der Waals surface area contributed by atoms with E-state index >= 15 is 0 Å². The molecule has 1 amide bonds. The minimum Gasteiger partial charge on any atom is -0.497 e. The molecule has 0 radical (unpaired) electrons. The van der Waals surface area contributed by atoms with Crippen LogP contribution < -0.4 is 10.1 Å². The van der Waals surface area contributed by atoms with Crippen molar-refractivity contribution < 1.29 is 13.9 Å². The monoisotopic (exact) mass is 443 g/mol. The number of anilines is 1. The number of hydrogen-bond acceptors (Lipinski definition) is 6. The highest BCUT2D eigenvalue weighted by Crippen LogP contribution is 2.25. The second-order valence-corrected chi connectivity index (χ2v) is 7.24. The van der Waals surface area contributed by atoms with E-state index in [-0.39, 0.29) is 11.4 Å². The van der Waals surface area contributed by atoms with Crippen LogP contribution in [0.15, 0.2) is 67.1 Å². The fourth-order valence-corrected chi connectivity index (χ4v) is 3.40. The zero-order valence-corrected chi connectivity index (χ0v) is 17.7. The van der Waals surface area contributed by atoms with Crippen LogP contribution in [0.2, 0.25) is 0 Å². The van der Waals surface area contributed by atoms with E-state index in [0.29, 0.717) is 22.9 Å². The summed E-state index contributed by atoms with van der Waals surface area (Å²) in [6.45, 7) is 1.87. The van der Waals surface area contributed by atoms with Gasteiger partial charge in [-0.3, -0.25) is 4.79 Å². The molecule has 4 heterocycles. The minimum absolute atomic E-state index is 0.0228. The number of pyridine rings is 2. The maximum Gasteiger partial charge on any atom is 0.276 e. The number of rotatable bonds is 5. The fourth-order valence-electron chi connectivity index (χ4n) is 3.40. The van der Waals surface area contributed by atoms with Gasteiger partial charge in [0, 0.05) is 23.5 Å². The first-order valence-electron chi connectivity index (χ1n) is 10.0. The van der Waals surface area contributed by atoms with E-state index in [4.69, 9.17) is 4.74 Å². The van der Waals surface area contributed by atoms with Gasteiger partial charge in [-0.05, 0) is 49.4 Å². The van der Waals surface area contributed by atoms with Crippen LogP contribution >= 0.6 is 0 Å². The summed E-state index contributed by atoms with van der Waals surface area (Å²) in [4.78, 5) is 21.6. The minimum atomic E-state index is -0.612. The van der Waals surface area contributed by atoms with Crippen molar-refractivity contribution in [2.75, 3.05) is 12.4 Å². The highest BCUT2D eigenvalue weighted by Gasteiger charge is 2.19. The van der Waals surface area contributed by atoms with Crippen LogP contribution in [0.1, 0.15) is 16.2 Å². The summed E-state index contributed by atoms with van der Waals surface area (Å²) in [5, 5.41) is 11.2. The molecule has 0 fully saturated rings. The number of carbonyl (C=O) groups is 1. The standard InChI is InChI=1S/C23H18FN7O2/c1-14-4-3-5-22(27-14)31-20(15-6-9-21-25-13-26-30(21)12-15)11-19(29-31)23(32)28-18-8-7-16(33-2)10-17(18)24/h3-13H,1-2H3,(H,28,32). The Morgan fingerprint density at radius 1 is 1.12 bits per heavy atom. The lowest BCUT2D eigenvalue weighted by molar-refractivity contribution is 0.102. The number of halogens is 1. The number of nitrogens with zero attached hydrogens (tertiary/aromatic N) is 6. The summed E-state index contributed by atoms with van der Waals surface area (Å²) in [6, 6.07) is 15.0. The van der Waals surface area contributed by atoms with Crippen molar-refractivity contribution in [2.45, 2.75) is 6.92 Å². The van der Waals surface area contributed by atoms with Gasteiger partial charge in [-0.2, -0.15) is 10.2 Å². The van der Waals surface area contributed by atoms with Gasteiger partial charge in [-0.1, -0.05) is 6.07 Å². The summed E-state index contributed by atoms with van der Waals surface area (Å²) >= 11 is 0. The summed E-state index contributed by atoms with van der Waals surface area (Å²) in [5.74, 6) is -0.280. The molecule has 164 valence electrons. The molecule has 5 rings (SSSR count). The third kappa shape index (κ3) is 3.89. The van der Waals surface area contributed by atoms with Gasteiger partial charge in [-0.25, -0.2) is 23.6 Å². The topological polar surface area (TPSA) is 99.2 Å². The predicted molar refractivity (Wildman–Crippen MR) is 119 cm³/mol. The molecular weight excluding hydrogens is 425 g/mol. The Labute approximate surface area is 187 Å². The van der Waals surface area contributed by atoms with Crippen LogP contribution in [0.5, 0.6) is 5.75 Å². The van der Waals surface area contributed by atoms with Gasteiger partial charge in [0.2, 0.25) is 0 Å². The molecule has 0 aliphatic rings. The number of aromatic nitrogens is 6. The van der Waals surface area contributed by atoms with Gasteiger partial charge in [0.25, 0.3) is 5.91 Å². The van der Waals surface area contributed by atoms with Crippen LogP contribution in [-0.4, -0.2) is 42.4 Å². The van der Waals surface area contributed by atoms with Crippen LogP contribution in [0, 0.1) is 12.7 Å². The molecule has 1 N–H and O–H groups in total. The molecule has 0 spiro atoms. The van der Waals surface area contributed by atoms with Gasteiger partial charge in [-0.15, -0.1) is 0 Å². The van der Waals surface area contributed by atoms with Crippen LogP contribution in [-0.2, 0) is 0 Å². The SMILES string of the molecule is COc1ccc(NC(=O)c2cc(-c3ccc4ncnn4c3)n(-c3cccc(C)n3)n2)c(F)c1. The highest BCUT2D eigenvalue weighted by molar-refractivity contribution is 6.03. The Balaban J connectivity index is 1.57. The third-order valence-corrected chi connectivity index (χ3v) is 5.03. The van der Waals surface area contributed by atoms with Crippen LogP contribution in [0.25, 0.3) is 22.7 Å². The first-order valence-corrected chi connectivity index (χ1v) is 10.0. The van der Waals surface area contributed by atoms with Gasteiger partial charge in [0.15, 0.2) is 17.2 Å². The zero-order valence-electron chi connectivity index (χ0n) is 17.7. The van der Waals surface area contributed by atoms with Crippen molar-refractivity contribution in [3.63, 3.8) is 0 Å². The molecule has 9 nitrogen and oxygen atoms in total. The van der Waals surface area contributed by atoms with Crippen molar-refractivity contribution >= 4 is 17.2 Å². The third-order valence-electron chi connectivity index (χ3n) is 5.03. The first-order chi connectivity index (χ1) is 16.0. The van der Waals surface area contributed by atoms with E-state index in [1.807, 2.05) is 31.2 Å². The van der Waals surface area contributed by atoms with E-state index in [1.54, 1.807) is 33.6 Å².